The minimum absolute atomic E-state index is 0.0669. The van der Waals surface area contributed by atoms with Crippen molar-refractivity contribution in [2.24, 2.45) is 0 Å². The molecule has 53 heavy (non-hydrogen) atoms. The maximum absolute atomic E-state index is 2.48. The second-order valence-electron chi connectivity index (χ2n) is 15.0. The number of rotatable bonds is 4. The van der Waals surface area contributed by atoms with Gasteiger partial charge in [0.1, 0.15) is 0 Å². The van der Waals surface area contributed by atoms with Crippen LogP contribution in [0.2, 0.25) is 0 Å². The fraction of sp³-hybridized carbons (Fsp3) is 0.0588. The van der Waals surface area contributed by atoms with Crippen LogP contribution in [0.4, 0.5) is 0 Å². The first kappa shape index (κ1) is 30.0. The van der Waals surface area contributed by atoms with E-state index in [-0.39, 0.29) is 5.41 Å². The van der Waals surface area contributed by atoms with Crippen LogP contribution in [0.25, 0.3) is 88.4 Å². The zero-order chi connectivity index (χ0) is 35.3. The molecule has 0 atom stereocenters. The van der Waals surface area contributed by atoms with E-state index in [9.17, 15) is 0 Å². The van der Waals surface area contributed by atoms with Gasteiger partial charge in [-0.25, -0.2) is 0 Å². The van der Waals surface area contributed by atoms with Crippen LogP contribution in [0.15, 0.2) is 182 Å². The average Bonchev–Trinajstić information content (AvgIpc) is 3.80. The number of hydrogen-bond acceptors (Lipinski definition) is 0. The summed E-state index contributed by atoms with van der Waals surface area (Å²) in [4.78, 5) is 0. The minimum atomic E-state index is -0.0669. The third kappa shape index (κ3) is 4.39. The van der Waals surface area contributed by atoms with Crippen LogP contribution in [0.1, 0.15) is 25.0 Å². The molecule has 0 unspecified atom stereocenters. The molecule has 0 fully saturated rings. The number of fused-ring (bicyclic) bond motifs is 9. The van der Waals surface area contributed by atoms with Gasteiger partial charge < -0.3 is 9.13 Å². The molecule has 2 aromatic heterocycles. The molecule has 250 valence electrons. The van der Waals surface area contributed by atoms with Crippen molar-refractivity contribution in [2.75, 3.05) is 0 Å². The topological polar surface area (TPSA) is 9.86 Å². The Labute approximate surface area is 308 Å². The van der Waals surface area contributed by atoms with E-state index in [4.69, 9.17) is 0 Å². The lowest BCUT2D eigenvalue weighted by Gasteiger charge is -2.22. The fourth-order valence-corrected chi connectivity index (χ4v) is 9.11. The van der Waals surface area contributed by atoms with Gasteiger partial charge in [-0.3, -0.25) is 0 Å². The average molecular weight is 677 g/mol. The van der Waals surface area contributed by atoms with E-state index in [2.05, 4.69) is 205 Å². The standard InChI is InChI=1S/C51H36N2/c1-51(2)45-17-9-6-14-39(45)40-29-28-38(30-46(40)51)53-48-19-11-8-16-42(48)44-31-49-43(32-50(44)53)41-15-7-10-18-47(41)52(49)37-26-24-36(25-27-37)35-22-20-34(21-23-35)33-12-4-3-5-13-33/h3-32H,1-2H3. The molecule has 2 nitrogen and oxygen atoms in total. The SMILES string of the molecule is CC1(C)c2ccccc2-c2ccc(-n3c4ccccc4c4cc5c(cc43)c3ccccc3n5-c3ccc(-c4ccc(-c5ccccc5)cc4)cc3)cc21. The summed E-state index contributed by atoms with van der Waals surface area (Å²) in [5.74, 6) is 0. The highest BCUT2D eigenvalue weighted by Crippen LogP contribution is 2.49. The zero-order valence-electron chi connectivity index (χ0n) is 29.7. The van der Waals surface area contributed by atoms with Crippen molar-refractivity contribution in [1.29, 1.82) is 0 Å². The molecule has 10 aromatic rings. The van der Waals surface area contributed by atoms with Gasteiger partial charge in [-0.15, -0.1) is 0 Å². The monoisotopic (exact) mass is 676 g/mol. The first-order chi connectivity index (χ1) is 26.0. The van der Waals surface area contributed by atoms with Gasteiger partial charge in [0.25, 0.3) is 0 Å². The van der Waals surface area contributed by atoms with Crippen molar-refractivity contribution in [3.05, 3.63) is 193 Å². The molecule has 0 bridgehead atoms. The molecule has 0 saturated heterocycles. The maximum atomic E-state index is 2.48. The third-order valence-corrected chi connectivity index (χ3v) is 11.7. The Bertz CT molecular complexity index is 3050. The van der Waals surface area contributed by atoms with Crippen molar-refractivity contribution in [3.63, 3.8) is 0 Å². The maximum Gasteiger partial charge on any atom is 0.0548 e. The normalized spacial score (nSPS) is 13.2. The van der Waals surface area contributed by atoms with E-state index < -0.39 is 0 Å². The largest absolute Gasteiger partial charge is 0.309 e. The van der Waals surface area contributed by atoms with Crippen LogP contribution in [-0.4, -0.2) is 9.13 Å². The number of benzene rings is 8. The zero-order valence-corrected chi connectivity index (χ0v) is 29.7. The predicted molar refractivity (Wildman–Crippen MR) is 224 cm³/mol. The van der Waals surface area contributed by atoms with Crippen LogP contribution < -0.4 is 0 Å². The van der Waals surface area contributed by atoms with E-state index in [1.807, 2.05) is 0 Å². The quantitative estimate of drug-likeness (QED) is 0.176. The number of para-hydroxylation sites is 2. The summed E-state index contributed by atoms with van der Waals surface area (Å²) in [6.45, 7) is 4.72. The van der Waals surface area contributed by atoms with Crippen molar-refractivity contribution >= 4 is 43.6 Å². The van der Waals surface area contributed by atoms with E-state index in [1.165, 1.54) is 93.8 Å². The lowest BCUT2D eigenvalue weighted by atomic mass is 9.82. The molecule has 8 aromatic carbocycles. The molecule has 2 heteroatoms. The van der Waals surface area contributed by atoms with Gasteiger partial charge in [0.15, 0.2) is 0 Å². The first-order valence-electron chi connectivity index (χ1n) is 18.5. The van der Waals surface area contributed by atoms with E-state index in [0.29, 0.717) is 0 Å². The van der Waals surface area contributed by atoms with E-state index in [1.54, 1.807) is 0 Å². The molecule has 1 aliphatic carbocycles. The van der Waals surface area contributed by atoms with Crippen LogP contribution in [0.5, 0.6) is 0 Å². The lowest BCUT2D eigenvalue weighted by molar-refractivity contribution is 0.660. The molecule has 0 spiro atoms. The van der Waals surface area contributed by atoms with Gasteiger partial charge in [0, 0.05) is 38.3 Å². The van der Waals surface area contributed by atoms with Crippen LogP contribution in [0.3, 0.4) is 0 Å². The smallest absolute Gasteiger partial charge is 0.0548 e. The predicted octanol–water partition coefficient (Wildman–Crippen LogP) is 13.5. The second-order valence-corrected chi connectivity index (χ2v) is 15.0. The molecule has 0 radical (unpaired) electrons. The van der Waals surface area contributed by atoms with Crippen LogP contribution >= 0.6 is 0 Å². The Morgan fingerprint density at radius 1 is 0.321 bits per heavy atom. The van der Waals surface area contributed by atoms with E-state index >= 15 is 0 Å². The minimum Gasteiger partial charge on any atom is -0.309 e. The summed E-state index contributed by atoms with van der Waals surface area (Å²) in [6, 6.07) is 67.0. The lowest BCUT2D eigenvalue weighted by Crippen LogP contribution is -2.15. The molecule has 11 rings (SSSR count). The van der Waals surface area contributed by atoms with Gasteiger partial charge in [-0.1, -0.05) is 147 Å². The van der Waals surface area contributed by atoms with Gasteiger partial charge in [0.05, 0.1) is 22.1 Å². The van der Waals surface area contributed by atoms with Gasteiger partial charge in [-0.05, 0) is 93.0 Å². The number of aromatic nitrogens is 2. The molecule has 0 saturated carbocycles. The summed E-state index contributed by atoms with van der Waals surface area (Å²) >= 11 is 0. The molecular weight excluding hydrogens is 641 g/mol. The summed E-state index contributed by atoms with van der Waals surface area (Å²) in [7, 11) is 0. The first-order valence-corrected chi connectivity index (χ1v) is 18.5. The Morgan fingerprint density at radius 2 is 0.774 bits per heavy atom. The van der Waals surface area contributed by atoms with Gasteiger partial charge >= 0.3 is 0 Å². The van der Waals surface area contributed by atoms with Gasteiger partial charge in [0.2, 0.25) is 0 Å². The van der Waals surface area contributed by atoms with Crippen molar-refractivity contribution in [1.82, 2.24) is 9.13 Å². The third-order valence-electron chi connectivity index (χ3n) is 11.7. The Kier molecular flexibility index (Phi) is 6.33. The Hall–Kier alpha value is -6.64. The van der Waals surface area contributed by atoms with Crippen molar-refractivity contribution in [3.8, 4) is 44.8 Å². The highest BCUT2D eigenvalue weighted by Gasteiger charge is 2.35. The summed E-state index contributed by atoms with van der Waals surface area (Å²) in [5.41, 5.74) is 17.5. The molecule has 0 N–H and O–H groups in total. The van der Waals surface area contributed by atoms with Crippen molar-refractivity contribution < 1.29 is 0 Å². The molecular formula is C51H36N2. The van der Waals surface area contributed by atoms with Crippen molar-refractivity contribution in [2.45, 2.75) is 19.3 Å². The molecule has 2 heterocycles. The van der Waals surface area contributed by atoms with Crippen LogP contribution in [-0.2, 0) is 5.41 Å². The number of nitrogens with zero attached hydrogens (tertiary/aromatic N) is 2. The highest BCUT2D eigenvalue weighted by molar-refractivity contribution is 6.19. The summed E-state index contributed by atoms with van der Waals surface area (Å²) in [6.07, 6.45) is 0. The summed E-state index contributed by atoms with van der Waals surface area (Å²) in [5, 5.41) is 5.04. The number of hydrogen-bond donors (Lipinski definition) is 0. The van der Waals surface area contributed by atoms with Crippen LogP contribution in [0, 0.1) is 0 Å². The second kappa shape index (κ2) is 11.2. The van der Waals surface area contributed by atoms with Gasteiger partial charge in [-0.2, -0.15) is 0 Å². The Morgan fingerprint density at radius 3 is 1.40 bits per heavy atom. The molecule has 0 amide bonds. The molecule has 1 aliphatic rings. The summed E-state index contributed by atoms with van der Waals surface area (Å²) < 4.78 is 4.92. The van der Waals surface area contributed by atoms with E-state index in [0.717, 1.165) is 5.69 Å². The Balaban J connectivity index is 1.07. The molecule has 0 aliphatic heterocycles. The fourth-order valence-electron chi connectivity index (χ4n) is 9.11. The highest BCUT2D eigenvalue weighted by atomic mass is 15.0.